The Hall–Kier alpha value is -2.07. The SMILES string of the molecule is COCCN(C)Cc1ccc([S+](c2ccccc2)c2ccccc2)cc1. The van der Waals surface area contributed by atoms with Crippen LogP contribution in [0.2, 0.25) is 0 Å². The first-order valence-electron chi connectivity index (χ1n) is 8.89. The number of likely N-dealkylation sites (N-methyl/N-ethyl adjacent to an activating group) is 1. The van der Waals surface area contributed by atoms with Crippen LogP contribution in [0.4, 0.5) is 0 Å². The molecule has 0 saturated heterocycles. The van der Waals surface area contributed by atoms with E-state index in [2.05, 4.69) is 96.9 Å². The zero-order valence-corrected chi connectivity index (χ0v) is 16.3. The summed E-state index contributed by atoms with van der Waals surface area (Å²) >= 11 is 0. The minimum Gasteiger partial charge on any atom is -0.383 e. The molecule has 3 heteroatoms. The van der Waals surface area contributed by atoms with E-state index in [1.807, 2.05) is 0 Å². The number of ether oxygens (including phenoxy) is 1. The molecule has 3 aromatic carbocycles. The second-order valence-electron chi connectivity index (χ2n) is 6.31. The Balaban J connectivity index is 1.84. The highest BCUT2D eigenvalue weighted by Crippen LogP contribution is 2.31. The molecule has 0 spiro atoms. The van der Waals surface area contributed by atoms with E-state index in [4.69, 9.17) is 4.74 Å². The standard InChI is InChI=1S/C23H26NOS/c1-24(17-18-25-2)19-20-13-15-23(16-14-20)26(21-9-5-3-6-10-21)22-11-7-4-8-12-22/h3-16H,17-19H2,1-2H3/q+1. The van der Waals surface area contributed by atoms with Gasteiger partial charge in [-0.2, -0.15) is 0 Å². The van der Waals surface area contributed by atoms with Gasteiger partial charge in [-0.3, -0.25) is 4.90 Å². The van der Waals surface area contributed by atoms with Crippen molar-refractivity contribution >= 4 is 10.9 Å². The second kappa shape index (κ2) is 9.58. The zero-order valence-electron chi connectivity index (χ0n) is 15.5. The van der Waals surface area contributed by atoms with Crippen LogP contribution < -0.4 is 0 Å². The Morgan fingerprint density at radius 2 is 1.23 bits per heavy atom. The molecule has 0 aliphatic heterocycles. The molecule has 0 fully saturated rings. The molecular weight excluding hydrogens is 338 g/mol. The first-order valence-corrected chi connectivity index (χ1v) is 10.1. The van der Waals surface area contributed by atoms with Crippen molar-refractivity contribution in [1.82, 2.24) is 4.90 Å². The van der Waals surface area contributed by atoms with Gasteiger partial charge in [0.25, 0.3) is 0 Å². The fourth-order valence-corrected chi connectivity index (χ4v) is 4.97. The highest BCUT2D eigenvalue weighted by Gasteiger charge is 2.27. The van der Waals surface area contributed by atoms with Crippen molar-refractivity contribution in [2.24, 2.45) is 0 Å². The molecule has 2 nitrogen and oxygen atoms in total. The van der Waals surface area contributed by atoms with Crippen molar-refractivity contribution in [3.8, 4) is 0 Å². The lowest BCUT2D eigenvalue weighted by atomic mass is 10.2. The fourth-order valence-electron chi connectivity index (χ4n) is 2.89. The highest BCUT2D eigenvalue weighted by molar-refractivity contribution is 7.97. The van der Waals surface area contributed by atoms with Crippen molar-refractivity contribution in [1.29, 1.82) is 0 Å². The topological polar surface area (TPSA) is 12.5 Å². The van der Waals surface area contributed by atoms with Crippen LogP contribution in [-0.2, 0) is 22.2 Å². The molecule has 3 aromatic rings. The predicted octanol–water partition coefficient (Wildman–Crippen LogP) is 4.86. The van der Waals surface area contributed by atoms with Gasteiger partial charge in [-0.25, -0.2) is 0 Å². The average molecular weight is 365 g/mol. The van der Waals surface area contributed by atoms with Gasteiger partial charge in [0.15, 0.2) is 14.7 Å². The lowest BCUT2D eigenvalue weighted by Gasteiger charge is -2.16. The summed E-state index contributed by atoms with van der Waals surface area (Å²) in [4.78, 5) is 6.34. The Morgan fingerprint density at radius 3 is 1.73 bits per heavy atom. The number of hydrogen-bond acceptors (Lipinski definition) is 2. The van der Waals surface area contributed by atoms with Crippen molar-refractivity contribution in [2.45, 2.75) is 21.2 Å². The molecule has 0 radical (unpaired) electrons. The molecule has 0 saturated carbocycles. The zero-order chi connectivity index (χ0) is 18.2. The third-order valence-corrected chi connectivity index (χ3v) is 6.48. The maximum Gasteiger partial charge on any atom is 0.166 e. The maximum absolute atomic E-state index is 5.16. The number of nitrogens with zero attached hydrogens (tertiary/aromatic N) is 1. The van der Waals surface area contributed by atoms with E-state index in [-0.39, 0.29) is 10.9 Å². The molecule has 0 N–H and O–H groups in total. The summed E-state index contributed by atoms with van der Waals surface area (Å²) < 4.78 is 5.16. The predicted molar refractivity (Wildman–Crippen MR) is 110 cm³/mol. The van der Waals surface area contributed by atoms with Gasteiger partial charge in [0, 0.05) is 20.2 Å². The van der Waals surface area contributed by atoms with E-state index < -0.39 is 0 Å². The van der Waals surface area contributed by atoms with Crippen LogP contribution in [0.3, 0.4) is 0 Å². The summed E-state index contributed by atoms with van der Waals surface area (Å²) in [7, 11) is 3.80. The van der Waals surface area contributed by atoms with Crippen LogP contribution in [0.1, 0.15) is 5.56 Å². The fraction of sp³-hybridized carbons (Fsp3) is 0.217. The van der Waals surface area contributed by atoms with E-state index in [0.717, 1.165) is 19.7 Å². The van der Waals surface area contributed by atoms with Crippen molar-refractivity contribution in [2.75, 3.05) is 27.3 Å². The Morgan fingerprint density at radius 1 is 0.731 bits per heavy atom. The molecule has 134 valence electrons. The monoisotopic (exact) mass is 364 g/mol. The summed E-state index contributed by atoms with van der Waals surface area (Å²) in [6.07, 6.45) is 0. The van der Waals surface area contributed by atoms with Crippen LogP contribution in [0.5, 0.6) is 0 Å². The highest BCUT2D eigenvalue weighted by atomic mass is 32.2. The molecule has 0 heterocycles. The molecule has 0 aliphatic carbocycles. The summed E-state index contributed by atoms with van der Waals surface area (Å²) in [5.74, 6) is 0. The van der Waals surface area contributed by atoms with Gasteiger partial charge in [0.1, 0.15) is 0 Å². The average Bonchev–Trinajstić information content (AvgIpc) is 2.70. The minimum atomic E-state index is -0.0740. The quantitative estimate of drug-likeness (QED) is 0.529. The Kier molecular flexibility index (Phi) is 6.89. The lowest BCUT2D eigenvalue weighted by molar-refractivity contribution is 0.158. The first-order chi connectivity index (χ1) is 12.8. The molecule has 0 unspecified atom stereocenters. The lowest BCUT2D eigenvalue weighted by Crippen LogP contribution is -2.22. The van der Waals surface area contributed by atoms with Gasteiger partial charge in [-0.15, -0.1) is 0 Å². The van der Waals surface area contributed by atoms with Crippen LogP contribution in [-0.4, -0.2) is 32.2 Å². The van der Waals surface area contributed by atoms with Crippen LogP contribution in [0.15, 0.2) is 99.6 Å². The van der Waals surface area contributed by atoms with Gasteiger partial charge in [-0.05, 0) is 49.0 Å². The van der Waals surface area contributed by atoms with E-state index in [0.29, 0.717) is 0 Å². The molecule has 0 amide bonds. The molecule has 3 rings (SSSR count). The molecular formula is C23H26NOS+. The van der Waals surface area contributed by atoms with Gasteiger partial charge in [0.2, 0.25) is 0 Å². The van der Waals surface area contributed by atoms with Crippen molar-refractivity contribution < 1.29 is 4.74 Å². The number of hydrogen-bond donors (Lipinski definition) is 0. The van der Waals surface area contributed by atoms with Crippen LogP contribution in [0, 0.1) is 0 Å². The minimum absolute atomic E-state index is 0.0740. The molecule has 26 heavy (non-hydrogen) atoms. The van der Waals surface area contributed by atoms with E-state index in [1.165, 1.54) is 20.2 Å². The molecule has 0 aliphatic rings. The summed E-state index contributed by atoms with van der Waals surface area (Å²) in [6, 6.07) is 30.6. The van der Waals surface area contributed by atoms with Gasteiger partial charge in [0.05, 0.1) is 17.5 Å². The summed E-state index contributed by atoms with van der Waals surface area (Å²) in [5.41, 5.74) is 1.33. The molecule has 0 bridgehead atoms. The molecule has 0 atom stereocenters. The van der Waals surface area contributed by atoms with E-state index in [1.54, 1.807) is 7.11 Å². The van der Waals surface area contributed by atoms with Crippen molar-refractivity contribution in [3.05, 3.63) is 90.5 Å². The van der Waals surface area contributed by atoms with Crippen LogP contribution >= 0.6 is 0 Å². The number of benzene rings is 3. The largest absolute Gasteiger partial charge is 0.383 e. The van der Waals surface area contributed by atoms with Gasteiger partial charge in [-0.1, -0.05) is 48.5 Å². The van der Waals surface area contributed by atoms with E-state index in [9.17, 15) is 0 Å². The van der Waals surface area contributed by atoms with Gasteiger partial charge < -0.3 is 4.74 Å². The van der Waals surface area contributed by atoms with Gasteiger partial charge >= 0.3 is 0 Å². The Labute approximate surface area is 159 Å². The van der Waals surface area contributed by atoms with Crippen LogP contribution in [0.25, 0.3) is 0 Å². The Bertz CT molecular complexity index is 735. The first kappa shape index (κ1) is 18.7. The third-order valence-electron chi connectivity index (χ3n) is 4.25. The normalized spacial score (nSPS) is 11.2. The maximum atomic E-state index is 5.16. The number of methoxy groups -OCH3 is 1. The smallest absolute Gasteiger partial charge is 0.166 e. The summed E-state index contributed by atoms with van der Waals surface area (Å²) in [6.45, 7) is 2.64. The third kappa shape index (κ3) is 4.98. The number of rotatable bonds is 8. The summed E-state index contributed by atoms with van der Waals surface area (Å²) in [5, 5.41) is 0. The second-order valence-corrected chi connectivity index (χ2v) is 8.33. The van der Waals surface area contributed by atoms with Crippen molar-refractivity contribution in [3.63, 3.8) is 0 Å². The van der Waals surface area contributed by atoms with E-state index >= 15 is 0 Å². The molecule has 0 aromatic heterocycles.